The predicted octanol–water partition coefficient (Wildman–Crippen LogP) is 15.0. The molecule has 320 valence electrons. The second-order valence-electron chi connectivity index (χ2n) is 17.3. The maximum Gasteiger partial charge on any atom is 0.306 e. The molecule has 1 atom stereocenters. The van der Waals surface area contributed by atoms with Crippen LogP contribution in [0.25, 0.3) is 0 Å². The van der Waals surface area contributed by atoms with Crippen molar-refractivity contribution >= 4 is 17.9 Å². The summed E-state index contributed by atoms with van der Waals surface area (Å²) in [4.78, 5) is 37.6. The molecule has 0 aromatic heterocycles. The summed E-state index contributed by atoms with van der Waals surface area (Å²) in [7, 11) is 0. The van der Waals surface area contributed by atoms with Gasteiger partial charge in [0.2, 0.25) is 0 Å². The Hall–Kier alpha value is -1.59. The monoisotopic (exact) mass is 765 g/mol. The van der Waals surface area contributed by atoms with E-state index in [1.54, 1.807) is 0 Å². The van der Waals surface area contributed by atoms with Crippen molar-refractivity contribution in [2.75, 3.05) is 13.2 Å². The number of hydrogen-bond acceptors (Lipinski definition) is 6. The third kappa shape index (κ3) is 41.6. The Balaban J connectivity index is 4.22. The van der Waals surface area contributed by atoms with Crippen LogP contribution < -0.4 is 0 Å². The Morgan fingerprint density at radius 3 is 0.907 bits per heavy atom. The van der Waals surface area contributed by atoms with Crippen LogP contribution in [0.3, 0.4) is 0 Å². The van der Waals surface area contributed by atoms with Crippen molar-refractivity contribution in [1.29, 1.82) is 0 Å². The fourth-order valence-electron chi connectivity index (χ4n) is 7.11. The van der Waals surface area contributed by atoms with Crippen LogP contribution in [-0.2, 0) is 28.6 Å². The molecule has 0 aliphatic rings. The van der Waals surface area contributed by atoms with E-state index in [1.165, 1.54) is 148 Å². The Morgan fingerprint density at radius 1 is 0.352 bits per heavy atom. The molecule has 0 spiro atoms. The van der Waals surface area contributed by atoms with Gasteiger partial charge in [-0.15, -0.1) is 0 Å². The number of carbonyl (C=O) groups is 3. The Morgan fingerprint density at radius 2 is 0.611 bits per heavy atom. The van der Waals surface area contributed by atoms with E-state index in [2.05, 4.69) is 34.6 Å². The third-order valence-corrected chi connectivity index (χ3v) is 10.7. The molecule has 0 aliphatic carbocycles. The van der Waals surface area contributed by atoms with Gasteiger partial charge < -0.3 is 14.2 Å². The van der Waals surface area contributed by atoms with E-state index in [9.17, 15) is 14.4 Å². The molecule has 0 aromatic rings. The molecule has 0 aromatic carbocycles. The van der Waals surface area contributed by atoms with Gasteiger partial charge in [-0.25, -0.2) is 0 Å². The van der Waals surface area contributed by atoms with Crippen molar-refractivity contribution in [1.82, 2.24) is 0 Å². The smallest absolute Gasteiger partial charge is 0.306 e. The van der Waals surface area contributed by atoms with Gasteiger partial charge in [0.15, 0.2) is 6.10 Å². The van der Waals surface area contributed by atoms with Gasteiger partial charge in [-0.05, 0) is 31.1 Å². The molecule has 0 rings (SSSR count). The van der Waals surface area contributed by atoms with Crippen LogP contribution in [0.5, 0.6) is 0 Å². The highest BCUT2D eigenvalue weighted by molar-refractivity contribution is 5.71. The van der Waals surface area contributed by atoms with E-state index in [-0.39, 0.29) is 31.1 Å². The third-order valence-electron chi connectivity index (χ3n) is 10.7. The molecule has 0 amide bonds. The van der Waals surface area contributed by atoms with E-state index in [4.69, 9.17) is 14.2 Å². The number of esters is 3. The van der Waals surface area contributed by atoms with Gasteiger partial charge in [0, 0.05) is 19.3 Å². The molecule has 0 saturated carbocycles. The van der Waals surface area contributed by atoms with Gasteiger partial charge >= 0.3 is 17.9 Å². The lowest BCUT2D eigenvalue weighted by atomic mass is 10.0. The highest BCUT2D eigenvalue weighted by Crippen LogP contribution is 2.17. The average molecular weight is 765 g/mol. The number of ether oxygens (including phenoxy) is 3. The van der Waals surface area contributed by atoms with Crippen molar-refractivity contribution in [3.8, 4) is 0 Å². The summed E-state index contributed by atoms with van der Waals surface area (Å²) in [6, 6.07) is 0. The number of unbranched alkanes of at least 4 members (excludes halogenated alkanes) is 27. The zero-order valence-corrected chi connectivity index (χ0v) is 36.8. The summed E-state index contributed by atoms with van der Waals surface area (Å²) in [5.41, 5.74) is 0. The van der Waals surface area contributed by atoms with Gasteiger partial charge in [0.1, 0.15) is 13.2 Å². The second-order valence-corrected chi connectivity index (χ2v) is 17.3. The Labute approximate surface area is 336 Å². The van der Waals surface area contributed by atoms with Crippen LogP contribution in [0.1, 0.15) is 259 Å². The topological polar surface area (TPSA) is 78.9 Å². The van der Waals surface area contributed by atoms with Gasteiger partial charge in [-0.2, -0.15) is 0 Å². The molecule has 0 fully saturated rings. The fourth-order valence-corrected chi connectivity index (χ4v) is 7.11. The highest BCUT2D eigenvalue weighted by Gasteiger charge is 2.19. The van der Waals surface area contributed by atoms with Crippen LogP contribution in [0.2, 0.25) is 0 Å². The first kappa shape index (κ1) is 52.4. The van der Waals surface area contributed by atoms with Crippen LogP contribution in [-0.4, -0.2) is 37.2 Å². The van der Waals surface area contributed by atoms with Gasteiger partial charge in [-0.1, -0.05) is 221 Å². The SMILES string of the molecule is CCCCCCCCCC(=O)OC[C@H](COC(=O)CCCCCCCCCCCCCCCCC(C)C)OC(=O)CCCCCCCCCCCC(C)C. The van der Waals surface area contributed by atoms with Crippen LogP contribution in [0, 0.1) is 11.8 Å². The van der Waals surface area contributed by atoms with Gasteiger partial charge in [0.05, 0.1) is 0 Å². The lowest BCUT2D eigenvalue weighted by Crippen LogP contribution is -2.30. The largest absolute Gasteiger partial charge is 0.462 e. The molecule has 0 saturated heterocycles. The molecular weight excluding hydrogens is 673 g/mol. The number of carbonyl (C=O) groups excluding carboxylic acids is 3. The first-order valence-electron chi connectivity index (χ1n) is 23.7. The van der Waals surface area contributed by atoms with E-state index < -0.39 is 6.10 Å². The first-order valence-corrected chi connectivity index (χ1v) is 23.7. The highest BCUT2D eigenvalue weighted by atomic mass is 16.6. The zero-order valence-electron chi connectivity index (χ0n) is 36.8. The normalized spacial score (nSPS) is 12.1. The van der Waals surface area contributed by atoms with Crippen LogP contribution in [0.15, 0.2) is 0 Å². The minimum Gasteiger partial charge on any atom is -0.462 e. The summed E-state index contributed by atoms with van der Waals surface area (Å²) in [6.45, 7) is 11.3. The van der Waals surface area contributed by atoms with Crippen LogP contribution in [0.4, 0.5) is 0 Å². The van der Waals surface area contributed by atoms with Gasteiger partial charge in [-0.3, -0.25) is 14.4 Å². The molecule has 54 heavy (non-hydrogen) atoms. The van der Waals surface area contributed by atoms with Gasteiger partial charge in [0.25, 0.3) is 0 Å². The molecule has 0 bridgehead atoms. The molecule has 6 heteroatoms. The lowest BCUT2D eigenvalue weighted by Gasteiger charge is -2.18. The summed E-state index contributed by atoms with van der Waals surface area (Å²) >= 11 is 0. The predicted molar refractivity (Wildman–Crippen MR) is 229 cm³/mol. The average Bonchev–Trinajstić information content (AvgIpc) is 3.14. The maximum absolute atomic E-state index is 12.7. The van der Waals surface area contributed by atoms with E-state index >= 15 is 0 Å². The molecule has 0 N–H and O–H groups in total. The summed E-state index contributed by atoms with van der Waals surface area (Å²) in [6.07, 6.45) is 39.6. The lowest BCUT2D eigenvalue weighted by molar-refractivity contribution is -0.167. The molecular formula is C48H92O6. The second kappa shape index (κ2) is 41.1. The first-order chi connectivity index (χ1) is 26.2. The minimum atomic E-state index is -0.759. The standard InChI is InChI=1S/C48H92O6/c1-6-7-8-9-21-28-33-38-46(49)52-41-45(54-48(51)40-35-30-25-20-16-18-23-27-32-37-44(4)5)42-53-47(50)39-34-29-24-19-15-13-11-10-12-14-17-22-26-31-36-43(2)3/h43-45H,6-42H2,1-5H3/t45-/m1/s1. The maximum atomic E-state index is 12.7. The van der Waals surface area contributed by atoms with E-state index in [0.717, 1.165) is 69.6 Å². The van der Waals surface area contributed by atoms with Crippen molar-refractivity contribution in [3.05, 3.63) is 0 Å². The summed E-state index contributed by atoms with van der Waals surface area (Å²) in [5.74, 6) is 0.789. The minimum absolute atomic E-state index is 0.0649. The Bertz CT molecular complexity index is 824. The van der Waals surface area contributed by atoms with E-state index in [0.29, 0.717) is 19.3 Å². The molecule has 0 heterocycles. The number of rotatable bonds is 42. The van der Waals surface area contributed by atoms with Crippen LogP contribution >= 0.6 is 0 Å². The van der Waals surface area contributed by atoms with Crippen molar-refractivity contribution in [2.45, 2.75) is 265 Å². The zero-order chi connectivity index (χ0) is 39.7. The van der Waals surface area contributed by atoms with Crippen molar-refractivity contribution in [3.63, 3.8) is 0 Å². The van der Waals surface area contributed by atoms with E-state index in [1.807, 2.05) is 0 Å². The fraction of sp³-hybridized carbons (Fsp3) is 0.938. The summed E-state index contributed by atoms with van der Waals surface area (Å²) < 4.78 is 16.7. The quantitative estimate of drug-likeness (QED) is 0.0350. The molecule has 6 nitrogen and oxygen atoms in total. The van der Waals surface area contributed by atoms with Crippen molar-refractivity contribution < 1.29 is 28.6 Å². The Kier molecular flexibility index (Phi) is 39.8. The molecule has 0 unspecified atom stereocenters. The van der Waals surface area contributed by atoms with Crippen molar-refractivity contribution in [2.24, 2.45) is 11.8 Å². The number of hydrogen-bond donors (Lipinski definition) is 0. The summed E-state index contributed by atoms with van der Waals surface area (Å²) in [5, 5.41) is 0. The molecule has 0 aliphatic heterocycles. The molecule has 0 radical (unpaired) electrons.